The number of rotatable bonds is 3. The Morgan fingerprint density at radius 1 is 1.39 bits per heavy atom. The first-order valence-corrected chi connectivity index (χ1v) is 5.77. The normalized spacial score (nSPS) is 23.3. The van der Waals surface area contributed by atoms with Gasteiger partial charge in [-0.25, -0.2) is 8.78 Å². The summed E-state index contributed by atoms with van der Waals surface area (Å²) in [6.07, 6.45) is -0.359. The standard InChI is InChI=1S/C12H14F2N4/c13-12(14)6-11(16-17-15)8-18(9-12)7-10-4-2-1-3-5-10/h1-5,11H,6-9H2/t11-/m1/s1. The summed E-state index contributed by atoms with van der Waals surface area (Å²) in [6, 6.07) is 8.79. The largest absolute Gasteiger partial charge is 0.293 e. The Balaban J connectivity index is 2.06. The first kappa shape index (κ1) is 12.8. The van der Waals surface area contributed by atoms with E-state index in [1.165, 1.54) is 0 Å². The van der Waals surface area contributed by atoms with Crippen molar-refractivity contribution < 1.29 is 8.78 Å². The average Bonchev–Trinajstić information content (AvgIpc) is 2.28. The maximum atomic E-state index is 13.5. The Labute approximate surface area is 104 Å². The highest BCUT2D eigenvalue weighted by atomic mass is 19.3. The Kier molecular flexibility index (Phi) is 3.79. The molecule has 0 spiro atoms. The fourth-order valence-corrected chi connectivity index (χ4v) is 2.28. The van der Waals surface area contributed by atoms with Crippen molar-refractivity contribution in [1.29, 1.82) is 0 Å². The topological polar surface area (TPSA) is 52.0 Å². The van der Waals surface area contributed by atoms with Crippen molar-refractivity contribution in [3.8, 4) is 0 Å². The molecular weight excluding hydrogens is 238 g/mol. The summed E-state index contributed by atoms with van der Waals surface area (Å²) in [5.74, 6) is -2.79. The maximum Gasteiger partial charge on any atom is 0.261 e. The lowest BCUT2D eigenvalue weighted by Crippen LogP contribution is -2.48. The molecule has 18 heavy (non-hydrogen) atoms. The first-order chi connectivity index (χ1) is 8.59. The minimum atomic E-state index is -2.79. The fraction of sp³-hybridized carbons (Fsp3) is 0.500. The number of hydrogen-bond acceptors (Lipinski definition) is 2. The van der Waals surface area contributed by atoms with Crippen LogP contribution in [-0.4, -0.2) is 30.0 Å². The molecule has 1 aromatic carbocycles. The van der Waals surface area contributed by atoms with Crippen molar-refractivity contribution in [3.05, 3.63) is 46.3 Å². The predicted octanol–water partition coefficient (Wildman–Crippen LogP) is 3.21. The van der Waals surface area contributed by atoms with Crippen LogP contribution in [0.4, 0.5) is 8.78 Å². The van der Waals surface area contributed by atoms with Gasteiger partial charge in [0.2, 0.25) is 0 Å². The molecule has 0 saturated carbocycles. The van der Waals surface area contributed by atoms with E-state index in [1.54, 1.807) is 4.90 Å². The summed E-state index contributed by atoms with van der Waals surface area (Å²) in [4.78, 5) is 4.27. The number of likely N-dealkylation sites (tertiary alicyclic amines) is 1. The van der Waals surface area contributed by atoms with E-state index in [1.807, 2.05) is 30.3 Å². The van der Waals surface area contributed by atoms with Gasteiger partial charge in [0.15, 0.2) is 0 Å². The maximum absolute atomic E-state index is 13.5. The molecule has 1 aromatic rings. The first-order valence-electron chi connectivity index (χ1n) is 5.77. The molecule has 6 heteroatoms. The van der Waals surface area contributed by atoms with Gasteiger partial charge < -0.3 is 0 Å². The van der Waals surface area contributed by atoms with Crippen molar-refractivity contribution in [1.82, 2.24) is 4.90 Å². The van der Waals surface area contributed by atoms with E-state index in [-0.39, 0.29) is 13.0 Å². The number of nitrogens with zero attached hydrogens (tertiary/aromatic N) is 4. The van der Waals surface area contributed by atoms with Crippen LogP contribution in [0, 0.1) is 0 Å². The summed E-state index contributed by atoms with van der Waals surface area (Å²) >= 11 is 0. The van der Waals surface area contributed by atoms with Crippen LogP contribution in [0.3, 0.4) is 0 Å². The van der Waals surface area contributed by atoms with Crippen LogP contribution in [0.25, 0.3) is 10.4 Å². The number of piperidine rings is 1. The van der Waals surface area contributed by atoms with Gasteiger partial charge in [-0.3, -0.25) is 4.90 Å². The number of azide groups is 1. The smallest absolute Gasteiger partial charge is 0.261 e. The van der Waals surface area contributed by atoms with E-state index in [0.29, 0.717) is 13.1 Å². The SMILES string of the molecule is [N-]=[N+]=N[C@H]1CN(Cc2ccccc2)CC(F)(F)C1. The molecule has 0 unspecified atom stereocenters. The molecule has 0 amide bonds. The second-order valence-electron chi connectivity index (χ2n) is 4.57. The summed E-state index contributed by atoms with van der Waals surface area (Å²) in [5.41, 5.74) is 9.34. The molecule has 1 fully saturated rings. The molecule has 1 heterocycles. The third-order valence-electron chi connectivity index (χ3n) is 2.92. The zero-order valence-corrected chi connectivity index (χ0v) is 9.84. The van der Waals surface area contributed by atoms with Crippen LogP contribution in [0.15, 0.2) is 35.4 Å². The lowest BCUT2D eigenvalue weighted by atomic mass is 10.0. The zero-order valence-electron chi connectivity index (χ0n) is 9.84. The number of halogens is 2. The summed E-state index contributed by atoms with van der Waals surface area (Å²) in [5, 5.41) is 3.43. The lowest BCUT2D eigenvalue weighted by molar-refractivity contribution is -0.0725. The number of benzene rings is 1. The Morgan fingerprint density at radius 3 is 2.78 bits per heavy atom. The fourth-order valence-electron chi connectivity index (χ4n) is 2.28. The molecule has 1 aliphatic heterocycles. The highest BCUT2D eigenvalue weighted by molar-refractivity contribution is 5.14. The highest BCUT2D eigenvalue weighted by Crippen LogP contribution is 2.29. The zero-order chi connectivity index (χ0) is 13.0. The van der Waals surface area contributed by atoms with E-state index in [2.05, 4.69) is 10.0 Å². The molecule has 96 valence electrons. The van der Waals surface area contributed by atoms with Crippen molar-refractivity contribution in [3.63, 3.8) is 0 Å². The van der Waals surface area contributed by atoms with Gasteiger partial charge in [0.1, 0.15) is 0 Å². The number of hydrogen-bond donors (Lipinski definition) is 0. The van der Waals surface area contributed by atoms with Crippen molar-refractivity contribution >= 4 is 0 Å². The van der Waals surface area contributed by atoms with Crippen LogP contribution in [0.5, 0.6) is 0 Å². The second-order valence-corrected chi connectivity index (χ2v) is 4.57. The van der Waals surface area contributed by atoms with Crippen molar-refractivity contribution in [2.45, 2.75) is 24.9 Å². The van der Waals surface area contributed by atoms with E-state index < -0.39 is 12.0 Å². The molecule has 0 N–H and O–H groups in total. The van der Waals surface area contributed by atoms with Crippen LogP contribution >= 0.6 is 0 Å². The van der Waals surface area contributed by atoms with Crippen LogP contribution < -0.4 is 0 Å². The van der Waals surface area contributed by atoms with Gasteiger partial charge in [0, 0.05) is 24.4 Å². The van der Waals surface area contributed by atoms with Gasteiger partial charge in [-0.05, 0) is 11.1 Å². The van der Waals surface area contributed by atoms with Crippen LogP contribution in [-0.2, 0) is 6.54 Å². The van der Waals surface area contributed by atoms with Crippen LogP contribution in [0.2, 0.25) is 0 Å². The molecule has 1 atom stereocenters. The Morgan fingerprint density at radius 2 is 2.11 bits per heavy atom. The second kappa shape index (κ2) is 5.33. The molecule has 0 aliphatic carbocycles. The molecule has 0 bridgehead atoms. The van der Waals surface area contributed by atoms with Crippen molar-refractivity contribution in [2.75, 3.05) is 13.1 Å². The molecule has 1 aliphatic rings. The molecule has 4 nitrogen and oxygen atoms in total. The van der Waals surface area contributed by atoms with Gasteiger partial charge in [-0.2, -0.15) is 0 Å². The van der Waals surface area contributed by atoms with E-state index in [0.717, 1.165) is 5.56 Å². The van der Waals surface area contributed by atoms with E-state index in [9.17, 15) is 8.78 Å². The Hall–Kier alpha value is -1.65. The third-order valence-corrected chi connectivity index (χ3v) is 2.92. The summed E-state index contributed by atoms with van der Waals surface area (Å²) in [7, 11) is 0. The molecule has 0 aromatic heterocycles. The molecule has 0 radical (unpaired) electrons. The highest BCUT2D eigenvalue weighted by Gasteiger charge is 2.39. The summed E-state index contributed by atoms with van der Waals surface area (Å²) < 4.78 is 27.0. The van der Waals surface area contributed by atoms with Crippen LogP contribution in [0.1, 0.15) is 12.0 Å². The quantitative estimate of drug-likeness (QED) is 0.463. The molecular formula is C12H14F2N4. The van der Waals surface area contributed by atoms with Gasteiger partial charge in [0.05, 0.1) is 12.6 Å². The van der Waals surface area contributed by atoms with Gasteiger partial charge >= 0.3 is 0 Å². The molecule has 2 rings (SSSR count). The lowest BCUT2D eigenvalue weighted by Gasteiger charge is -2.35. The predicted molar refractivity (Wildman–Crippen MR) is 64.2 cm³/mol. The minimum absolute atomic E-state index is 0.278. The monoisotopic (exact) mass is 252 g/mol. The minimum Gasteiger partial charge on any atom is -0.293 e. The van der Waals surface area contributed by atoms with Gasteiger partial charge in [-0.15, -0.1) is 0 Å². The van der Waals surface area contributed by atoms with E-state index in [4.69, 9.17) is 5.53 Å². The number of alkyl halides is 2. The van der Waals surface area contributed by atoms with Gasteiger partial charge in [-0.1, -0.05) is 35.4 Å². The van der Waals surface area contributed by atoms with Gasteiger partial charge in [0.25, 0.3) is 5.92 Å². The molecule has 1 saturated heterocycles. The Bertz CT molecular complexity index is 443. The van der Waals surface area contributed by atoms with E-state index >= 15 is 0 Å². The summed E-state index contributed by atoms with van der Waals surface area (Å²) in [6.45, 7) is 0.557. The van der Waals surface area contributed by atoms with Crippen molar-refractivity contribution in [2.24, 2.45) is 5.11 Å². The average molecular weight is 252 g/mol. The third kappa shape index (κ3) is 3.42.